The first-order valence-electron chi connectivity index (χ1n) is 9.66. The Labute approximate surface area is 167 Å². The number of methoxy groups -OCH3 is 1. The molecule has 0 bridgehead atoms. The predicted molar refractivity (Wildman–Crippen MR) is 109 cm³/mol. The zero-order valence-corrected chi connectivity index (χ0v) is 17.2. The molecule has 0 spiro atoms. The van der Waals surface area contributed by atoms with Crippen LogP contribution in [-0.2, 0) is 16.8 Å². The van der Waals surface area contributed by atoms with Crippen molar-refractivity contribution in [2.75, 3.05) is 33.4 Å². The lowest BCUT2D eigenvalue weighted by molar-refractivity contribution is 0.0302. The summed E-state index contributed by atoms with van der Waals surface area (Å²) in [5.74, 6) is 1.52. The molecule has 3 rings (SSSR count). The summed E-state index contributed by atoms with van der Waals surface area (Å²) in [4.78, 5) is 14.6. The van der Waals surface area contributed by atoms with Crippen molar-refractivity contribution in [2.45, 2.75) is 32.8 Å². The Morgan fingerprint density at radius 3 is 2.36 bits per heavy atom. The number of carbonyl (C=O) groups excluding carboxylic acids is 1. The molecule has 0 unspecified atom stereocenters. The number of morpholine rings is 1. The van der Waals surface area contributed by atoms with Gasteiger partial charge in [-0.05, 0) is 41.3 Å². The van der Waals surface area contributed by atoms with Crippen LogP contribution in [0.2, 0.25) is 0 Å². The molecule has 1 saturated heterocycles. The Hall–Kier alpha value is -2.53. The molecule has 1 aliphatic rings. The van der Waals surface area contributed by atoms with Gasteiger partial charge in [0.2, 0.25) is 0 Å². The summed E-state index contributed by atoms with van der Waals surface area (Å²) in [6.07, 6.45) is 0. The van der Waals surface area contributed by atoms with Gasteiger partial charge in [-0.2, -0.15) is 0 Å². The number of amides is 1. The summed E-state index contributed by atoms with van der Waals surface area (Å²) >= 11 is 0. The molecular formula is C23H29NO4. The Kier molecular flexibility index (Phi) is 6.25. The molecule has 1 heterocycles. The SMILES string of the molecule is COc1ccc(C(=O)N2CCOCC2)cc1COc1ccc(C(C)(C)C)cc1. The van der Waals surface area contributed by atoms with E-state index in [9.17, 15) is 4.79 Å². The van der Waals surface area contributed by atoms with Crippen LogP contribution in [-0.4, -0.2) is 44.2 Å². The summed E-state index contributed by atoms with van der Waals surface area (Å²) in [6.45, 7) is 9.31. The number of benzene rings is 2. The fourth-order valence-corrected chi connectivity index (χ4v) is 3.19. The lowest BCUT2D eigenvalue weighted by atomic mass is 9.87. The second-order valence-corrected chi connectivity index (χ2v) is 7.99. The van der Waals surface area contributed by atoms with E-state index in [1.165, 1.54) is 5.56 Å². The molecule has 0 aromatic heterocycles. The van der Waals surface area contributed by atoms with Gasteiger partial charge in [0.25, 0.3) is 5.91 Å². The highest BCUT2D eigenvalue weighted by Crippen LogP contribution is 2.26. The molecule has 1 fully saturated rings. The maximum absolute atomic E-state index is 12.7. The summed E-state index contributed by atoms with van der Waals surface area (Å²) in [5, 5.41) is 0. The smallest absolute Gasteiger partial charge is 0.254 e. The van der Waals surface area contributed by atoms with E-state index in [-0.39, 0.29) is 11.3 Å². The van der Waals surface area contributed by atoms with Gasteiger partial charge in [0, 0.05) is 24.2 Å². The number of rotatable bonds is 5. The Bertz CT molecular complexity index is 802. The van der Waals surface area contributed by atoms with Crippen LogP contribution in [0, 0.1) is 0 Å². The van der Waals surface area contributed by atoms with Crippen LogP contribution < -0.4 is 9.47 Å². The van der Waals surface area contributed by atoms with Crippen LogP contribution >= 0.6 is 0 Å². The summed E-state index contributed by atoms with van der Waals surface area (Å²) in [6, 6.07) is 13.6. The molecular weight excluding hydrogens is 354 g/mol. The molecule has 5 nitrogen and oxygen atoms in total. The first-order chi connectivity index (χ1) is 13.4. The van der Waals surface area contributed by atoms with E-state index in [0.717, 1.165) is 11.3 Å². The van der Waals surface area contributed by atoms with E-state index in [2.05, 4.69) is 32.9 Å². The molecule has 0 N–H and O–H groups in total. The minimum Gasteiger partial charge on any atom is -0.496 e. The molecule has 2 aromatic carbocycles. The first kappa shape index (κ1) is 20.2. The third-order valence-electron chi connectivity index (χ3n) is 4.94. The Morgan fingerprint density at radius 2 is 1.75 bits per heavy atom. The maximum atomic E-state index is 12.7. The molecule has 28 heavy (non-hydrogen) atoms. The summed E-state index contributed by atoms with van der Waals surface area (Å²) in [7, 11) is 1.63. The number of hydrogen-bond acceptors (Lipinski definition) is 4. The quantitative estimate of drug-likeness (QED) is 0.782. The third-order valence-corrected chi connectivity index (χ3v) is 4.94. The van der Waals surface area contributed by atoms with Gasteiger partial charge in [0.1, 0.15) is 18.1 Å². The van der Waals surface area contributed by atoms with Gasteiger partial charge < -0.3 is 19.1 Å². The zero-order valence-electron chi connectivity index (χ0n) is 17.2. The minimum atomic E-state index is 0.0155. The van der Waals surface area contributed by atoms with Crippen LogP contribution in [0.1, 0.15) is 42.3 Å². The largest absolute Gasteiger partial charge is 0.496 e. The summed E-state index contributed by atoms with van der Waals surface area (Å²) in [5.41, 5.74) is 2.86. The molecule has 0 atom stereocenters. The van der Waals surface area contributed by atoms with Crippen LogP contribution in [0.15, 0.2) is 42.5 Å². The van der Waals surface area contributed by atoms with Gasteiger partial charge in [-0.1, -0.05) is 32.9 Å². The lowest BCUT2D eigenvalue weighted by Gasteiger charge is -2.27. The van der Waals surface area contributed by atoms with Gasteiger partial charge in [0.15, 0.2) is 0 Å². The second kappa shape index (κ2) is 8.65. The molecule has 150 valence electrons. The number of carbonyl (C=O) groups is 1. The highest BCUT2D eigenvalue weighted by molar-refractivity contribution is 5.94. The van der Waals surface area contributed by atoms with E-state index >= 15 is 0 Å². The molecule has 1 amide bonds. The molecule has 2 aromatic rings. The summed E-state index contributed by atoms with van der Waals surface area (Å²) < 4.78 is 16.7. The van der Waals surface area contributed by atoms with E-state index in [0.29, 0.717) is 44.2 Å². The Balaban J connectivity index is 1.72. The first-order valence-corrected chi connectivity index (χ1v) is 9.66. The third kappa shape index (κ3) is 4.84. The highest BCUT2D eigenvalue weighted by atomic mass is 16.5. The average molecular weight is 383 g/mol. The normalized spacial score (nSPS) is 14.6. The fourth-order valence-electron chi connectivity index (χ4n) is 3.19. The monoisotopic (exact) mass is 383 g/mol. The van der Waals surface area contributed by atoms with Crippen molar-refractivity contribution in [2.24, 2.45) is 0 Å². The topological polar surface area (TPSA) is 48.0 Å². The van der Waals surface area contributed by atoms with Crippen molar-refractivity contribution in [1.82, 2.24) is 4.90 Å². The second-order valence-electron chi connectivity index (χ2n) is 7.99. The van der Waals surface area contributed by atoms with E-state index in [4.69, 9.17) is 14.2 Å². The van der Waals surface area contributed by atoms with Crippen molar-refractivity contribution in [3.63, 3.8) is 0 Å². The van der Waals surface area contributed by atoms with Crippen molar-refractivity contribution in [1.29, 1.82) is 0 Å². The number of hydrogen-bond donors (Lipinski definition) is 0. The molecule has 5 heteroatoms. The molecule has 1 aliphatic heterocycles. The maximum Gasteiger partial charge on any atom is 0.254 e. The predicted octanol–water partition coefficient (Wildman–Crippen LogP) is 4.04. The van der Waals surface area contributed by atoms with E-state index < -0.39 is 0 Å². The van der Waals surface area contributed by atoms with Crippen molar-refractivity contribution in [3.8, 4) is 11.5 Å². The van der Waals surface area contributed by atoms with Gasteiger partial charge in [0.05, 0.1) is 20.3 Å². The lowest BCUT2D eigenvalue weighted by Crippen LogP contribution is -2.40. The van der Waals surface area contributed by atoms with E-state index in [1.54, 1.807) is 13.2 Å². The van der Waals surface area contributed by atoms with E-state index in [1.807, 2.05) is 29.2 Å². The molecule has 0 radical (unpaired) electrons. The van der Waals surface area contributed by atoms with Crippen LogP contribution in [0.25, 0.3) is 0 Å². The van der Waals surface area contributed by atoms with Crippen molar-refractivity contribution in [3.05, 3.63) is 59.2 Å². The van der Waals surface area contributed by atoms with Gasteiger partial charge >= 0.3 is 0 Å². The molecule has 0 saturated carbocycles. The Morgan fingerprint density at radius 1 is 1.07 bits per heavy atom. The number of ether oxygens (including phenoxy) is 3. The van der Waals surface area contributed by atoms with Gasteiger partial charge in [-0.3, -0.25) is 4.79 Å². The average Bonchev–Trinajstić information content (AvgIpc) is 2.71. The van der Waals surface area contributed by atoms with Gasteiger partial charge in [-0.25, -0.2) is 0 Å². The van der Waals surface area contributed by atoms with Crippen LogP contribution in [0.4, 0.5) is 0 Å². The fraction of sp³-hybridized carbons (Fsp3) is 0.435. The van der Waals surface area contributed by atoms with Crippen molar-refractivity contribution >= 4 is 5.91 Å². The zero-order chi connectivity index (χ0) is 20.1. The molecule has 0 aliphatic carbocycles. The number of nitrogens with zero attached hydrogens (tertiary/aromatic N) is 1. The standard InChI is InChI=1S/C23H29NO4/c1-23(2,3)19-6-8-20(9-7-19)28-16-18-15-17(5-10-21(18)26-4)22(25)24-11-13-27-14-12-24/h5-10,15H,11-14,16H2,1-4H3. The van der Waals surface area contributed by atoms with Crippen molar-refractivity contribution < 1.29 is 19.0 Å². The van der Waals surface area contributed by atoms with Gasteiger partial charge in [-0.15, -0.1) is 0 Å². The van der Waals surface area contributed by atoms with Crippen LogP contribution in [0.3, 0.4) is 0 Å². The van der Waals surface area contributed by atoms with Crippen LogP contribution in [0.5, 0.6) is 11.5 Å². The highest BCUT2D eigenvalue weighted by Gasteiger charge is 2.20. The minimum absolute atomic E-state index is 0.0155.